The lowest BCUT2D eigenvalue weighted by atomic mass is 9.91. The first-order valence-corrected chi connectivity index (χ1v) is 7.76. The van der Waals surface area contributed by atoms with E-state index in [2.05, 4.69) is 61.0 Å². The maximum Gasteiger partial charge on any atom is 0.0248 e. The molecule has 1 nitrogen and oxygen atoms in total. The highest BCUT2D eigenvalue weighted by atomic mass is 79.9. The van der Waals surface area contributed by atoms with Crippen molar-refractivity contribution in [1.82, 2.24) is 4.90 Å². The van der Waals surface area contributed by atoms with Gasteiger partial charge in [-0.3, -0.25) is 4.90 Å². The van der Waals surface area contributed by atoms with Crippen molar-refractivity contribution in [1.29, 1.82) is 0 Å². The van der Waals surface area contributed by atoms with Crippen LogP contribution in [0.5, 0.6) is 0 Å². The molecule has 0 bridgehead atoms. The topological polar surface area (TPSA) is 3.24 Å². The van der Waals surface area contributed by atoms with Crippen molar-refractivity contribution in [3.8, 4) is 0 Å². The second kappa shape index (κ2) is 6.18. The molecule has 0 saturated heterocycles. The quantitative estimate of drug-likeness (QED) is 0.722. The zero-order valence-electron chi connectivity index (χ0n) is 9.33. The molecular formula is C13H17Br2N. The van der Waals surface area contributed by atoms with E-state index in [0.717, 1.165) is 24.5 Å². The summed E-state index contributed by atoms with van der Waals surface area (Å²) in [6, 6.07) is 9.34. The van der Waals surface area contributed by atoms with Gasteiger partial charge >= 0.3 is 0 Å². The molecule has 2 rings (SSSR count). The molecule has 1 saturated carbocycles. The summed E-state index contributed by atoms with van der Waals surface area (Å²) >= 11 is 7.18. The van der Waals surface area contributed by atoms with Gasteiger partial charge in [-0.15, -0.1) is 0 Å². The van der Waals surface area contributed by atoms with Crippen LogP contribution in [-0.4, -0.2) is 22.8 Å². The first-order chi connectivity index (χ1) is 7.81. The van der Waals surface area contributed by atoms with Crippen LogP contribution in [0.4, 0.5) is 0 Å². The first-order valence-electron chi connectivity index (χ1n) is 5.84. The van der Waals surface area contributed by atoms with Crippen molar-refractivity contribution in [2.24, 2.45) is 0 Å². The van der Waals surface area contributed by atoms with Crippen LogP contribution in [0.1, 0.15) is 24.8 Å². The van der Waals surface area contributed by atoms with Crippen molar-refractivity contribution >= 4 is 31.9 Å². The SMILES string of the molecule is BrCCN(Cc1ccccc1Br)C1CCC1. The number of nitrogens with zero attached hydrogens (tertiary/aromatic N) is 1. The molecular weight excluding hydrogens is 330 g/mol. The van der Waals surface area contributed by atoms with Crippen LogP contribution in [0, 0.1) is 0 Å². The van der Waals surface area contributed by atoms with E-state index in [9.17, 15) is 0 Å². The van der Waals surface area contributed by atoms with Crippen LogP contribution in [-0.2, 0) is 6.54 Å². The van der Waals surface area contributed by atoms with Crippen LogP contribution in [0.15, 0.2) is 28.7 Å². The number of hydrogen-bond donors (Lipinski definition) is 0. The van der Waals surface area contributed by atoms with Crippen molar-refractivity contribution in [3.05, 3.63) is 34.3 Å². The Morgan fingerprint density at radius 3 is 2.56 bits per heavy atom. The summed E-state index contributed by atoms with van der Waals surface area (Å²) in [4.78, 5) is 2.60. The normalized spacial score (nSPS) is 16.4. The van der Waals surface area contributed by atoms with Gasteiger partial charge in [0.25, 0.3) is 0 Å². The summed E-state index contributed by atoms with van der Waals surface area (Å²) in [5, 5.41) is 1.06. The molecule has 0 aromatic heterocycles. The molecule has 1 fully saturated rings. The van der Waals surface area contributed by atoms with Gasteiger partial charge in [0, 0.05) is 28.9 Å². The Labute approximate surface area is 114 Å². The Morgan fingerprint density at radius 1 is 1.25 bits per heavy atom. The fourth-order valence-electron chi connectivity index (χ4n) is 2.10. The number of rotatable bonds is 5. The Morgan fingerprint density at radius 2 is 2.00 bits per heavy atom. The predicted molar refractivity (Wildman–Crippen MR) is 76.0 cm³/mol. The third kappa shape index (κ3) is 3.08. The van der Waals surface area contributed by atoms with Gasteiger partial charge in [-0.05, 0) is 24.5 Å². The van der Waals surface area contributed by atoms with Gasteiger partial charge < -0.3 is 0 Å². The zero-order chi connectivity index (χ0) is 11.4. The van der Waals surface area contributed by atoms with Gasteiger partial charge in [0.1, 0.15) is 0 Å². The Kier molecular flexibility index (Phi) is 4.86. The maximum atomic E-state index is 3.63. The Balaban J connectivity index is 2.01. The molecule has 0 amide bonds. The van der Waals surface area contributed by atoms with E-state index in [0.29, 0.717) is 0 Å². The molecule has 1 aliphatic rings. The van der Waals surface area contributed by atoms with Crippen molar-refractivity contribution in [2.75, 3.05) is 11.9 Å². The minimum absolute atomic E-state index is 0.810. The van der Waals surface area contributed by atoms with E-state index in [-0.39, 0.29) is 0 Å². The van der Waals surface area contributed by atoms with E-state index in [1.165, 1.54) is 29.3 Å². The van der Waals surface area contributed by atoms with Gasteiger partial charge in [0.05, 0.1) is 0 Å². The number of hydrogen-bond acceptors (Lipinski definition) is 1. The lowest BCUT2D eigenvalue weighted by Gasteiger charge is -2.37. The van der Waals surface area contributed by atoms with Crippen molar-refractivity contribution in [2.45, 2.75) is 31.8 Å². The monoisotopic (exact) mass is 345 g/mol. The molecule has 1 aromatic rings. The fourth-order valence-corrected chi connectivity index (χ4v) is 2.96. The second-order valence-electron chi connectivity index (χ2n) is 4.34. The van der Waals surface area contributed by atoms with Crippen LogP contribution in [0.2, 0.25) is 0 Å². The van der Waals surface area contributed by atoms with Crippen LogP contribution in [0.25, 0.3) is 0 Å². The smallest absolute Gasteiger partial charge is 0.0248 e. The highest BCUT2D eigenvalue weighted by Crippen LogP contribution is 2.27. The van der Waals surface area contributed by atoms with E-state index in [1.807, 2.05) is 0 Å². The molecule has 0 N–H and O–H groups in total. The highest BCUT2D eigenvalue weighted by molar-refractivity contribution is 9.10. The molecule has 0 atom stereocenters. The molecule has 0 spiro atoms. The summed E-state index contributed by atoms with van der Waals surface area (Å²) in [6.07, 6.45) is 4.15. The third-order valence-corrected chi connectivity index (χ3v) is 4.42. The minimum Gasteiger partial charge on any atom is -0.295 e. The van der Waals surface area contributed by atoms with E-state index in [1.54, 1.807) is 0 Å². The summed E-state index contributed by atoms with van der Waals surface area (Å²) in [6.45, 7) is 2.21. The lowest BCUT2D eigenvalue weighted by Crippen LogP contribution is -2.40. The summed E-state index contributed by atoms with van der Waals surface area (Å²) < 4.78 is 1.23. The highest BCUT2D eigenvalue weighted by Gasteiger charge is 2.24. The molecule has 0 radical (unpaired) electrons. The summed E-state index contributed by atoms with van der Waals surface area (Å²) in [7, 11) is 0. The minimum atomic E-state index is 0.810. The largest absolute Gasteiger partial charge is 0.295 e. The van der Waals surface area contributed by atoms with Gasteiger partial charge in [0.2, 0.25) is 0 Å². The molecule has 1 aromatic carbocycles. The summed E-state index contributed by atoms with van der Waals surface area (Å²) in [5.74, 6) is 0. The summed E-state index contributed by atoms with van der Waals surface area (Å²) in [5.41, 5.74) is 1.40. The molecule has 0 aliphatic heterocycles. The Hall–Kier alpha value is 0.140. The molecule has 1 aliphatic carbocycles. The van der Waals surface area contributed by atoms with Crippen LogP contribution >= 0.6 is 31.9 Å². The average Bonchev–Trinajstić information content (AvgIpc) is 2.19. The van der Waals surface area contributed by atoms with E-state index in [4.69, 9.17) is 0 Å². The fraction of sp³-hybridized carbons (Fsp3) is 0.538. The number of benzene rings is 1. The third-order valence-electron chi connectivity index (χ3n) is 3.29. The van der Waals surface area contributed by atoms with Crippen LogP contribution < -0.4 is 0 Å². The lowest BCUT2D eigenvalue weighted by molar-refractivity contribution is 0.128. The standard InChI is InChI=1S/C13H17Br2N/c14-8-9-16(12-5-3-6-12)10-11-4-1-2-7-13(11)15/h1-2,4,7,12H,3,5-6,8-10H2. The predicted octanol–water partition coefficient (Wildman–Crippen LogP) is 4.20. The molecule has 0 unspecified atom stereocenters. The first kappa shape index (κ1) is 12.6. The van der Waals surface area contributed by atoms with Crippen molar-refractivity contribution in [3.63, 3.8) is 0 Å². The van der Waals surface area contributed by atoms with Crippen molar-refractivity contribution < 1.29 is 0 Å². The van der Waals surface area contributed by atoms with E-state index < -0.39 is 0 Å². The molecule has 88 valence electrons. The molecule has 0 heterocycles. The van der Waals surface area contributed by atoms with E-state index >= 15 is 0 Å². The Bertz CT molecular complexity index is 336. The zero-order valence-corrected chi connectivity index (χ0v) is 12.5. The maximum absolute atomic E-state index is 3.63. The second-order valence-corrected chi connectivity index (χ2v) is 5.98. The molecule has 16 heavy (non-hydrogen) atoms. The van der Waals surface area contributed by atoms with Gasteiger partial charge in [-0.25, -0.2) is 0 Å². The van der Waals surface area contributed by atoms with Crippen LogP contribution in [0.3, 0.4) is 0 Å². The van der Waals surface area contributed by atoms with Gasteiger partial charge in [-0.2, -0.15) is 0 Å². The van der Waals surface area contributed by atoms with Gasteiger partial charge in [0.15, 0.2) is 0 Å². The molecule has 3 heteroatoms. The number of halogens is 2. The average molecular weight is 347 g/mol. The van der Waals surface area contributed by atoms with Gasteiger partial charge in [-0.1, -0.05) is 56.5 Å². The number of alkyl halides is 1.